The van der Waals surface area contributed by atoms with Crippen LogP contribution in [0.5, 0.6) is 11.5 Å². The molecule has 3 rings (SSSR count). The molecule has 1 atom stereocenters. The van der Waals surface area contributed by atoms with Crippen LogP contribution in [-0.2, 0) is 30.4 Å². The predicted molar refractivity (Wildman–Crippen MR) is 101 cm³/mol. The molecule has 4 nitrogen and oxygen atoms in total. The number of fused-ring (bicyclic) bond motifs is 1. The van der Waals surface area contributed by atoms with Crippen molar-refractivity contribution >= 4 is 5.97 Å². The molecule has 2 aromatic rings. The van der Waals surface area contributed by atoms with E-state index in [9.17, 15) is 22.4 Å². The summed E-state index contributed by atoms with van der Waals surface area (Å²) < 4.78 is 65.6. The summed E-state index contributed by atoms with van der Waals surface area (Å²) in [6.45, 7) is 4.76. The van der Waals surface area contributed by atoms with E-state index >= 15 is 0 Å². The summed E-state index contributed by atoms with van der Waals surface area (Å²) in [6.07, 6.45) is -4.22. The molecule has 0 saturated heterocycles. The topological polar surface area (TPSA) is 55.8 Å². The van der Waals surface area contributed by atoms with Gasteiger partial charge in [-0.1, -0.05) is 19.1 Å². The standard InChI is InChI=1S/C22H22F4O4/c1-12(20(27)28)8-13-4-7-18(17(23)9-13)29-11-14-5-6-16(22(24,25)26)15-10-21(2,3)30-19(14)15/h4-7,9,12H,8,10-11H2,1-3H3,(H,27,28). The lowest BCUT2D eigenvalue weighted by Gasteiger charge is -2.18. The summed E-state index contributed by atoms with van der Waals surface area (Å²) in [5, 5.41) is 8.96. The maximum Gasteiger partial charge on any atom is 0.416 e. The first-order valence-electron chi connectivity index (χ1n) is 9.42. The van der Waals surface area contributed by atoms with Crippen LogP contribution in [0, 0.1) is 11.7 Å². The van der Waals surface area contributed by atoms with Crippen LogP contribution in [0.25, 0.3) is 0 Å². The number of carboxylic acids is 1. The number of halogens is 4. The lowest BCUT2D eigenvalue weighted by atomic mass is 9.95. The van der Waals surface area contributed by atoms with Gasteiger partial charge in [-0.15, -0.1) is 0 Å². The van der Waals surface area contributed by atoms with Crippen molar-refractivity contribution in [2.75, 3.05) is 0 Å². The van der Waals surface area contributed by atoms with E-state index in [0.29, 0.717) is 11.1 Å². The summed E-state index contributed by atoms with van der Waals surface area (Å²) in [7, 11) is 0. The van der Waals surface area contributed by atoms with E-state index in [-0.39, 0.29) is 36.5 Å². The molecule has 0 radical (unpaired) electrons. The van der Waals surface area contributed by atoms with Gasteiger partial charge in [-0.2, -0.15) is 13.2 Å². The van der Waals surface area contributed by atoms with Crippen LogP contribution >= 0.6 is 0 Å². The Balaban J connectivity index is 1.80. The Bertz CT molecular complexity index is 966. The fourth-order valence-corrected chi connectivity index (χ4v) is 3.48. The molecule has 0 aliphatic carbocycles. The Hall–Kier alpha value is -2.77. The minimum Gasteiger partial charge on any atom is -0.487 e. The van der Waals surface area contributed by atoms with Gasteiger partial charge in [0.15, 0.2) is 11.6 Å². The van der Waals surface area contributed by atoms with E-state index in [1.807, 2.05) is 0 Å². The SMILES string of the molecule is CC(Cc1ccc(OCc2ccc(C(F)(F)F)c3c2OC(C)(C)C3)c(F)c1)C(=O)O. The molecule has 0 saturated carbocycles. The molecule has 0 spiro atoms. The Kier molecular flexibility index (Phi) is 5.71. The molecule has 0 amide bonds. The van der Waals surface area contributed by atoms with Gasteiger partial charge in [0.1, 0.15) is 18.0 Å². The van der Waals surface area contributed by atoms with E-state index in [4.69, 9.17) is 14.6 Å². The highest BCUT2D eigenvalue weighted by atomic mass is 19.4. The molecule has 1 aliphatic heterocycles. The van der Waals surface area contributed by atoms with Gasteiger partial charge < -0.3 is 14.6 Å². The van der Waals surface area contributed by atoms with E-state index in [2.05, 4.69) is 0 Å². The Morgan fingerprint density at radius 2 is 1.97 bits per heavy atom. The van der Waals surface area contributed by atoms with Gasteiger partial charge in [-0.3, -0.25) is 4.79 Å². The molecular formula is C22H22F4O4. The van der Waals surface area contributed by atoms with Gasteiger partial charge in [-0.25, -0.2) is 4.39 Å². The normalized spacial score (nSPS) is 16.0. The van der Waals surface area contributed by atoms with Gasteiger partial charge in [-0.05, 0) is 44.0 Å². The zero-order valence-corrected chi connectivity index (χ0v) is 16.8. The number of hydrogen-bond donors (Lipinski definition) is 1. The van der Waals surface area contributed by atoms with E-state index in [0.717, 1.165) is 6.07 Å². The quantitative estimate of drug-likeness (QED) is 0.629. The van der Waals surface area contributed by atoms with Crippen LogP contribution < -0.4 is 9.47 Å². The number of hydrogen-bond acceptors (Lipinski definition) is 3. The molecule has 162 valence electrons. The van der Waals surface area contributed by atoms with E-state index in [1.54, 1.807) is 19.9 Å². The molecule has 8 heteroatoms. The van der Waals surface area contributed by atoms with Crippen LogP contribution in [0.3, 0.4) is 0 Å². The lowest BCUT2D eigenvalue weighted by molar-refractivity contribution is -0.141. The van der Waals surface area contributed by atoms with Gasteiger partial charge in [0.25, 0.3) is 0 Å². The molecule has 0 aromatic heterocycles. The summed E-state index contributed by atoms with van der Waals surface area (Å²) in [4.78, 5) is 10.9. The van der Waals surface area contributed by atoms with Gasteiger partial charge in [0.2, 0.25) is 0 Å². The third kappa shape index (κ3) is 4.68. The van der Waals surface area contributed by atoms with Crippen molar-refractivity contribution in [1.29, 1.82) is 0 Å². The average molecular weight is 426 g/mol. The average Bonchev–Trinajstić information content (AvgIpc) is 2.94. The summed E-state index contributed by atoms with van der Waals surface area (Å²) in [6, 6.07) is 6.42. The van der Waals surface area contributed by atoms with Gasteiger partial charge in [0.05, 0.1) is 11.5 Å². The summed E-state index contributed by atoms with van der Waals surface area (Å²) in [5.41, 5.74) is -0.546. The van der Waals surface area contributed by atoms with Crippen molar-refractivity contribution in [1.82, 2.24) is 0 Å². The first-order valence-corrected chi connectivity index (χ1v) is 9.42. The first kappa shape index (κ1) is 21.9. The van der Waals surface area contributed by atoms with Crippen LogP contribution in [0.1, 0.15) is 43.0 Å². The fourth-order valence-electron chi connectivity index (χ4n) is 3.48. The number of ether oxygens (including phenoxy) is 2. The van der Waals surface area contributed by atoms with Crippen molar-refractivity contribution in [3.63, 3.8) is 0 Å². The second-order valence-corrected chi connectivity index (χ2v) is 8.11. The highest BCUT2D eigenvalue weighted by Gasteiger charge is 2.41. The number of benzene rings is 2. The second kappa shape index (κ2) is 7.81. The molecule has 1 N–H and O–H groups in total. The maximum absolute atomic E-state index is 14.4. The largest absolute Gasteiger partial charge is 0.487 e. The van der Waals surface area contributed by atoms with Crippen LogP contribution in [0.4, 0.5) is 17.6 Å². The molecule has 30 heavy (non-hydrogen) atoms. The molecule has 0 fully saturated rings. The Labute approximate surface area is 171 Å². The third-order valence-corrected chi connectivity index (χ3v) is 4.97. The smallest absolute Gasteiger partial charge is 0.416 e. The fraction of sp³-hybridized carbons (Fsp3) is 0.409. The zero-order valence-electron chi connectivity index (χ0n) is 16.8. The highest BCUT2D eigenvalue weighted by molar-refractivity contribution is 5.69. The van der Waals surface area contributed by atoms with Crippen LogP contribution in [0.15, 0.2) is 30.3 Å². The van der Waals surface area contributed by atoms with Gasteiger partial charge >= 0.3 is 12.1 Å². The molecule has 1 aliphatic rings. The zero-order chi connectivity index (χ0) is 22.3. The minimum atomic E-state index is -4.50. The monoisotopic (exact) mass is 426 g/mol. The lowest BCUT2D eigenvalue weighted by Crippen LogP contribution is -2.25. The molecule has 0 bridgehead atoms. The molecule has 1 heterocycles. The molecule has 1 unspecified atom stereocenters. The minimum absolute atomic E-state index is 0.0760. The van der Waals surface area contributed by atoms with Crippen molar-refractivity contribution in [3.8, 4) is 11.5 Å². The first-order chi connectivity index (χ1) is 13.9. The number of aliphatic carboxylic acids is 1. The van der Waals surface area contributed by atoms with Crippen molar-refractivity contribution < 1.29 is 36.9 Å². The number of rotatable bonds is 6. The van der Waals surface area contributed by atoms with E-state index in [1.165, 1.54) is 25.1 Å². The Morgan fingerprint density at radius 3 is 2.57 bits per heavy atom. The highest BCUT2D eigenvalue weighted by Crippen LogP contribution is 2.45. The van der Waals surface area contributed by atoms with Gasteiger partial charge in [0, 0.05) is 17.5 Å². The molecule has 2 aromatic carbocycles. The van der Waals surface area contributed by atoms with Crippen LogP contribution in [0.2, 0.25) is 0 Å². The summed E-state index contributed by atoms with van der Waals surface area (Å²) in [5.74, 6) is -2.26. The maximum atomic E-state index is 14.4. The summed E-state index contributed by atoms with van der Waals surface area (Å²) >= 11 is 0. The predicted octanol–water partition coefficient (Wildman–Crippen LogP) is 5.40. The van der Waals surface area contributed by atoms with Crippen molar-refractivity contribution in [3.05, 3.63) is 58.4 Å². The van der Waals surface area contributed by atoms with Crippen LogP contribution in [-0.4, -0.2) is 16.7 Å². The van der Waals surface area contributed by atoms with Crippen molar-refractivity contribution in [2.45, 2.75) is 52.0 Å². The Morgan fingerprint density at radius 1 is 1.27 bits per heavy atom. The number of carbonyl (C=O) groups is 1. The third-order valence-electron chi connectivity index (χ3n) is 4.97. The number of carboxylic acid groups (broad SMARTS) is 1. The number of alkyl halides is 3. The second-order valence-electron chi connectivity index (χ2n) is 8.11. The van der Waals surface area contributed by atoms with Crippen molar-refractivity contribution in [2.24, 2.45) is 5.92 Å². The van der Waals surface area contributed by atoms with E-state index < -0.39 is 35.0 Å². The molecular weight excluding hydrogens is 404 g/mol.